The summed E-state index contributed by atoms with van der Waals surface area (Å²) in [6.45, 7) is 5.66. The van der Waals surface area contributed by atoms with Gasteiger partial charge in [0.25, 0.3) is 0 Å². The Bertz CT molecular complexity index is 957. The number of sulfonamides is 1. The minimum absolute atomic E-state index is 0.0240. The summed E-state index contributed by atoms with van der Waals surface area (Å²) in [5.74, 6) is -0.0240. The molecular formula is C19H23N3O3S2. The number of carbonyl (C=O) groups is 1. The fraction of sp³-hybridized carbons (Fsp3) is 0.368. The maximum Gasteiger partial charge on any atom is 0.248 e. The quantitative estimate of drug-likeness (QED) is 0.839. The molecule has 27 heavy (non-hydrogen) atoms. The highest BCUT2D eigenvalue weighted by atomic mass is 32.2. The Kier molecular flexibility index (Phi) is 5.14. The van der Waals surface area contributed by atoms with E-state index >= 15 is 0 Å². The summed E-state index contributed by atoms with van der Waals surface area (Å²) in [5.41, 5.74) is 2.73. The lowest BCUT2D eigenvalue weighted by molar-refractivity contribution is -0.141. The van der Waals surface area contributed by atoms with Gasteiger partial charge < -0.3 is 0 Å². The van der Waals surface area contributed by atoms with Crippen LogP contribution >= 0.6 is 11.3 Å². The molecule has 1 aromatic heterocycles. The van der Waals surface area contributed by atoms with E-state index in [-0.39, 0.29) is 11.9 Å². The van der Waals surface area contributed by atoms with Crippen molar-refractivity contribution in [1.29, 1.82) is 0 Å². The lowest BCUT2D eigenvalue weighted by Gasteiger charge is -2.27. The molecule has 3 rings (SSSR count). The second kappa shape index (κ2) is 7.09. The van der Waals surface area contributed by atoms with Crippen molar-refractivity contribution in [2.75, 3.05) is 11.0 Å². The van der Waals surface area contributed by atoms with E-state index in [1.54, 1.807) is 28.5 Å². The van der Waals surface area contributed by atoms with E-state index in [0.717, 1.165) is 23.1 Å². The summed E-state index contributed by atoms with van der Waals surface area (Å²) in [6.07, 6.45) is 1.74. The van der Waals surface area contributed by atoms with Crippen molar-refractivity contribution in [3.8, 4) is 0 Å². The van der Waals surface area contributed by atoms with Crippen LogP contribution in [0.5, 0.6) is 0 Å². The minimum atomic E-state index is -3.32. The van der Waals surface area contributed by atoms with Crippen LogP contribution in [-0.2, 0) is 14.8 Å². The molecule has 0 bridgehead atoms. The highest BCUT2D eigenvalue weighted by molar-refractivity contribution is 7.92. The van der Waals surface area contributed by atoms with E-state index in [9.17, 15) is 13.2 Å². The predicted octanol–water partition coefficient (Wildman–Crippen LogP) is 3.84. The monoisotopic (exact) mass is 405 g/mol. The zero-order valence-corrected chi connectivity index (χ0v) is 17.4. The third-order valence-electron chi connectivity index (χ3n) is 4.21. The number of carbonyl (C=O) groups excluding carboxylic acids is 1. The number of nitrogens with zero attached hydrogens (tertiary/aromatic N) is 2. The van der Waals surface area contributed by atoms with Crippen LogP contribution in [0.1, 0.15) is 44.4 Å². The zero-order valence-electron chi connectivity index (χ0n) is 15.8. The Hall–Kier alpha value is -2.19. The number of amides is 1. The number of hydrogen-bond donors (Lipinski definition) is 1. The molecule has 0 radical (unpaired) electrons. The van der Waals surface area contributed by atoms with Crippen LogP contribution in [0, 0.1) is 5.41 Å². The number of hydrogen-bond acceptors (Lipinski definition) is 5. The maximum atomic E-state index is 12.9. The molecule has 1 aliphatic heterocycles. The molecule has 1 aliphatic rings. The molecule has 2 aromatic rings. The van der Waals surface area contributed by atoms with Gasteiger partial charge >= 0.3 is 0 Å². The number of benzene rings is 1. The van der Waals surface area contributed by atoms with Crippen LogP contribution in [-0.4, -0.2) is 31.3 Å². The first-order valence-electron chi connectivity index (χ1n) is 8.56. The Balaban J connectivity index is 1.90. The fourth-order valence-corrected chi connectivity index (χ4v) is 4.16. The number of rotatable bonds is 4. The van der Waals surface area contributed by atoms with E-state index in [0.29, 0.717) is 12.1 Å². The first-order chi connectivity index (χ1) is 12.5. The lowest BCUT2D eigenvalue weighted by Crippen LogP contribution is -2.36. The van der Waals surface area contributed by atoms with Crippen molar-refractivity contribution in [1.82, 2.24) is 5.01 Å². The van der Waals surface area contributed by atoms with E-state index in [1.807, 2.05) is 49.7 Å². The zero-order chi connectivity index (χ0) is 19.8. The largest absolute Gasteiger partial charge is 0.284 e. The van der Waals surface area contributed by atoms with Gasteiger partial charge in [-0.25, -0.2) is 13.4 Å². The van der Waals surface area contributed by atoms with Gasteiger partial charge in [0.1, 0.15) is 0 Å². The average Bonchev–Trinajstić information content (AvgIpc) is 3.21. The van der Waals surface area contributed by atoms with Crippen molar-refractivity contribution >= 4 is 38.7 Å². The van der Waals surface area contributed by atoms with E-state index < -0.39 is 15.4 Å². The summed E-state index contributed by atoms with van der Waals surface area (Å²) >= 11 is 1.60. The highest BCUT2D eigenvalue weighted by Crippen LogP contribution is 2.36. The Morgan fingerprint density at radius 2 is 1.89 bits per heavy atom. The van der Waals surface area contributed by atoms with Crippen molar-refractivity contribution < 1.29 is 13.2 Å². The first-order valence-corrected chi connectivity index (χ1v) is 11.4. The van der Waals surface area contributed by atoms with Gasteiger partial charge in [0.2, 0.25) is 15.9 Å². The van der Waals surface area contributed by atoms with Gasteiger partial charge in [-0.2, -0.15) is 16.4 Å². The molecule has 1 atom stereocenters. The molecule has 0 unspecified atom stereocenters. The topological polar surface area (TPSA) is 78.8 Å². The third-order valence-corrected chi connectivity index (χ3v) is 5.52. The maximum absolute atomic E-state index is 12.9. The van der Waals surface area contributed by atoms with Gasteiger partial charge in [0.15, 0.2) is 0 Å². The van der Waals surface area contributed by atoms with Crippen LogP contribution in [0.4, 0.5) is 5.69 Å². The van der Waals surface area contributed by atoms with Gasteiger partial charge in [0.05, 0.1) is 18.0 Å². The fourth-order valence-electron chi connectivity index (χ4n) is 2.88. The lowest BCUT2D eigenvalue weighted by atomic mass is 9.93. The number of thiophene rings is 1. The molecule has 2 heterocycles. The second-order valence-electron chi connectivity index (χ2n) is 7.67. The van der Waals surface area contributed by atoms with Crippen LogP contribution in [0.3, 0.4) is 0 Å². The van der Waals surface area contributed by atoms with Crippen LogP contribution < -0.4 is 4.72 Å². The minimum Gasteiger partial charge on any atom is -0.284 e. The molecule has 0 aliphatic carbocycles. The molecule has 0 saturated heterocycles. The Morgan fingerprint density at radius 1 is 1.22 bits per heavy atom. The molecule has 1 aromatic carbocycles. The number of nitrogens with one attached hydrogen (secondary N) is 1. The second-order valence-corrected chi connectivity index (χ2v) is 10.2. The third kappa shape index (κ3) is 4.56. The molecule has 144 valence electrons. The van der Waals surface area contributed by atoms with Gasteiger partial charge in [-0.3, -0.25) is 9.52 Å². The Morgan fingerprint density at radius 3 is 2.41 bits per heavy atom. The van der Waals surface area contributed by atoms with Crippen molar-refractivity contribution in [3.05, 3.63) is 52.2 Å². The SMILES string of the molecule is CC(C)(C)C(=O)N1N=C(c2ccc(NS(C)(=O)=O)cc2)C[C@H]1c1ccsc1. The normalized spacial score (nSPS) is 17.7. The molecule has 0 fully saturated rings. The van der Waals surface area contributed by atoms with Gasteiger partial charge in [0, 0.05) is 17.5 Å². The molecule has 6 nitrogen and oxygen atoms in total. The molecule has 0 saturated carbocycles. The standard InChI is InChI=1S/C19H23N3O3S2/c1-19(2,3)18(23)22-17(14-9-10-26-12-14)11-16(20-22)13-5-7-15(8-6-13)21-27(4,24)25/h5-10,12,17,21H,11H2,1-4H3/t17-/m0/s1. The average molecular weight is 406 g/mol. The molecular weight excluding hydrogens is 382 g/mol. The Labute approximate surface area is 164 Å². The summed E-state index contributed by atoms with van der Waals surface area (Å²) in [4.78, 5) is 12.9. The molecule has 1 N–H and O–H groups in total. The first kappa shape index (κ1) is 19.6. The van der Waals surface area contributed by atoms with E-state index in [4.69, 9.17) is 0 Å². The highest BCUT2D eigenvalue weighted by Gasteiger charge is 2.38. The van der Waals surface area contributed by atoms with Gasteiger partial charge in [-0.1, -0.05) is 32.9 Å². The van der Waals surface area contributed by atoms with Crippen LogP contribution in [0.15, 0.2) is 46.2 Å². The van der Waals surface area contributed by atoms with E-state index in [2.05, 4.69) is 9.82 Å². The summed E-state index contributed by atoms with van der Waals surface area (Å²) in [6, 6.07) is 8.95. The molecule has 1 amide bonds. The number of hydrazone groups is 1. The van der Waals surface area contributed by atoms with Crippen molar-refractivity contribution in [2.45, 2.75) is 33.2 Å². The van der Waals surface area contributed by atoms with Gasteiger partial charge in [-0.15, -0.1) is 0 Å². The molecule has 0 spiro atoms. The van der Waals surface area contributed by atoms with Crippen molar-refractivity contribution in [2.24, 2.45) is 10.5 Å². The summed E-state index contributed by atoms with van der Waals surface area (Å²) < 4.78 is 25.1. The summed E-state index contributed by atoms with van der Waals surface area (Å²) in [7, 11) is -3.32. The predicted molar refractivity (Wildman–Crippen MR) is 109 cm³/mol. The smallest absolute Gasteiger partial charge is 0.248 e. The van der Waals surface area contributed by atoms with Gasteiger partial charge in [-0.05, 0) is 40.1 Å². The summed E-state index contributed by atoms with van der Waals surface area (Å²) in [5, 5.41) is 10.3. The molecule has 8 heteroatoms. The van der Waals surface area contributed by atoms with Crippen molar-refractivity contribution in [3.63, 3.8) is 0 Å². The van der Waals surface area contributed by atoms with E-state index in [1.165, 1.54) is 0 Å². The van der Waals surface area contributed by atoms with Crippen LogP contribution in [0.25, 0.3) is 0 Å². The van der Waals surface area contributed by atoms with Crippen LogP contribution in [0.2, 0.25) is 0 Å². The number of anilines is 1.